The highest BCUT2D eigenvalue weighted by atomic mass is 28.4. The van der Waals surface area contributed by atoms with Gasteiger partial charge in [0.05, 0.1) is 0 Å². The lowest BCUT2D eigenvalue weighted by atomic mass is 10.2. The van der Waals surface area contributed by atoms with Crippen molar-refractivity contribution in [2.24, 2.45) is 11.0 Å². The van der Waals surface area contributed by atoms with Gasteiger partial charge in [-0.2, -0.15) is 0 Å². The van der Waals surface area contributed by atoms with Crippen molar-refractivity contribution >= 4 is 24.6 Å². The molecule has 0 saturated heterocycles. The zero-order valence-electron chi connectivity index (χ0n) is 15.7. The standard InChI is InChI=1S/C20H25N3O2Si/c1-16(19(24)22-23-21)15-25-26(20(2,3)4,17-11-7-5-8-12-17)18-13-9-6-10-14-18/h5-14,16H,15H2,1-4H3/t16-/m1/s1. The number of carbonyl (C=O) groups is 1. The molecule has 0 radical (unpaired) electrons. The van der Waals surface area contributed by atoms with E-state index in [2.05, 4.69) is 55.1 Å². The molecule has 2 aromatic carbocycles. The summed E-state index contributed by atoms with van der Waals surface area (Å²) < 4.78 is 6.63. The minimum absolute atomic E-state index is 0.156. The van der Waals surface area contributed by atoms with E-state index in [1.807, 2.05) is 36.4 Å². The van der Waals surface area contributed by atoms with Crippen LogP contribution in [0.5, 0.6) is 0 Å². The van der Waals surface area contributed by atoms with Gasteiger partial charge >= 0.3 is 0 Å². The molecule has 0 heterocycles. The molecule has 26 heavy (non-hydrogen) atoms. The number of rotatable bonds is 6. The number of carbonyl (C=O) groups excluding carboxylic acids is 1. The molecule has 0 N–H and O–H groups in total. The molecule has 0 bridgehead atoms. The van der Waals surface area contributed by atoms with Crippen LogP contribution in [0.2, 0.25) is 5.04 Å². The lowest BCUT2D eigenvalue weighted by Gasteiger charge is -2.43. The Kier molecular flexibility index (Phi) is 6.37. The Labute approximate surface area is 155 Å². The Morgan fingerprint density at radius 1 is 1.08 bits per heavy atom. The molecule has 5 nitrogen and oxygen atoms in total. The maximum atomic E-state index is 11.9. The minimum atomic E-state index is -2.67. The Morgan fingerprint density at radius 3 is 1.92 bits per heavy atom. The van der Waals surface area contributed by atoms with Crippen LogP contribution in [0.15, 0.2) is 65.8 Å². The highest BCUT2D eigenvalue weighted by molar-refractivity contribution is 6.99. The second-order valence-corrected chi connectivity index (χ2v) is 11.7. The van der Waals surface area contributed by atoms with Gasteiger partial charge in [-0.3, -0.25) is 4.79 Å². The van der Waals surface area contributed by atoms with Gasteiger partial charge in [-0.25, -0.2) is 0 Å². The third kappa shape index (κ3) is 4.04. The van der Waals surface area contributed by atoms with Crippen LogP contribution in [0, 0.1) is 5.92 Å². The molecule has 0 aliphatic heterocycles. The quantitative estimate of drug-likeness (QED) is 0.334. The molecule has 1 amide bonds. The molecule has 2 rings (SSSR count). The lowest BCUT2D eigenvalue weighted by molar-refractivity contribution is -0.122. The van der Waals surface area contributed by atoms with Gasteiger partial charge in [0.2, 0.25) is 5.91 Å². The monoisotopic (exact) mass is 367 g/mol. The van der Waals surface area contributed by atoms with E-state index in [4.69, 9.17) is 9.96 Å². The van der Waals surface area contributed by atoms with Crippen molar-refractivity contribution in [2.75, 3.05) is 6.61 Å². The summed E-state index contributed by atoms with van der Waals surface area (Å²) in [5, 5.41) is 5.36. The summed E-state index contributed by atoms with van der Waals surface area (Å²) in [6.45, 7) is 8.48. The number of amides is 1. The van der Waals surface area contributed by atoms with Crippen LogP contribution in [0.3, 0.4) is 0 Å². The maximum Gasteiger partial charge on any atom is 0.261 e. The number of nitrogens with zero attached hydrogens (tertiary/aromatic N) is 3. The molecule has 1 atom stereocenters. The average molecular weight is 368 g/mol. The molecule has 0 aliphatic rings. The Balaban J connectivity index is 2.54. The van der Waals surface area contributed by atoms with E-state index in [0.29, 0.717) is 0 Å². The molecule has 0 unspecified atom stereocenters. The second kappa shape index (κ2) is 8.32. The van der Waals surface area contributed by atoms with Gasteiger partial charge in [-0.1, -0.05) is 88.4 Å². The van der Waals surface area contributed by atoms with Crippen LogP contribution in [-0.2, 0) is 9.22 Å². The molecule has 0 aromatic heterocycles. The predicted molar refractivity (Wildman–Crippen MR) is 107 cm³/mol. The summed E-state index contributed by atoms with van der Waals surface area (Å²) in [6.07, 6.45) is 0. The van der Waals surface area contributed by atoms with Crippen molar-refractivity contribution < 1.29 is 9.22 Å². The Hall–Kier alpha value is -2.40. The Morgan fingerprint density at radius 2 is 1.54 bits per heavy atom. The highest BCUT2D eigenvalue weighted by Gasteiger charge is 2.50. The first-order valence-electron chi connectivity index (χ1n) is 8.67. The van der Waals surface area contributed by atoms with E-state index in [9.17, 15) is 4.79 Å². The molecular weight excluding hydrogens is 342 g/mol. The highest BCUT2D eigenvalue weighted by Crippen LogP contribution is 2.37. The maximum absolute atomic E-state index is 11.9. The normalized spacial score (nSPS) is 12.9. The predicted octanol–water partition coefficient (Wildman–Crippen LogP) is 4.04. The summed E-state index contributed by atoms with van der Waals surface area (Å²) in [6, 6.07) is 20.5. The average Bonchev–Trinajstić information content (AvgIpc) is 2.63. The number of hydrogen-bond donors (Lipinski definition) is 0. The second-order valence-electron chi connectivity index (χ2n) is 7.40. The topological polar surface area (TPSA) is 75.1 Å². The van der Waals surface area contributed by atoms with Gasteiger partial charge in [-0.15, -0.1) is 0 Å². The van der Waals surface area contributed by atoms with Crippen molar-refractivity contribution in [1.29, 1.82) is 0 Å². The number of hydrogen-bond acceptors (Lipinski definition) is 2. The zero-order valence-corrected chi connectivity index (χ0v) is 16.7. The van der Waals surface area contributed by atoms with E-state index in [-0.39, 0.29) is 11.6 Å². The molecular formula is C20H25N3O2Si. The largest absolute Gasteiger partial charge is 0.407 e. The summed E-state index contributed by atoms with van der Waals surface area (Å²) in [7, 11) is -2.67. The molecule has 0 fully saturated rings. The molecule has 0 aliphatic carbocycles. The van der Waals surface area contributed by atoms with Crippen molar-refractivity contribution in [1.82, 2.24) is 0 Å². The fourth-order valence-corrected chi connectivity index (χ4v) is 7.88. The summed E-state index contributed by atoms with van der Waals surface area (Å²) >= 11 is 0. The van der Waals surface area contributed by atoms with Gasteiger partial charge in [0.1, 0.15) is 0 Å². The van der Waals surface area contributed by atoms with Crippen molar-refractivity contribution in [3.05, 3.63) is 71.1 Å². The fraction of sp³-hybridized carbons (Fsp3) is 0.350. The van der Waals surface area contributed by atoms with Gasteiger partial charge < -0.3 is 4.43 Å². The van der Waals surface area contributed by atoms with Gasteiger partial charge in [0.15, 0.2) is 0 Å². The first-order chi connectivity index (χ1) is 12.3. The summed E-state index contributed by atoms with van der Waals surface area (Å²) in [5.74, 6) is -0.988. The molecule has 6 heteroatoms. The van der Waals surface area contributed by atoms with E-state index >= 15 is 0 Å². The smallest absolute Gasteiger partial charge is 0.261 e. The zero-order chi connectivity index (χ0) is 19.2. The third-order valence-electron chi connectivity index (χ3n) is 4.53. The molecule has 2 aromatic rings. The molecule has 136 valence electrons. The van der Waals surface area contributed by atoms with E-state index in [0.717, 1.165) is 10.4 Å². The van der Waals surface area contributed by atoms with Crippen molar-refractivity contribution in [3.8, 4) is 0 Å². The lowest BCUT2D eigenvalue weighted by Crippen LogP contribution is -2.67. The van der Waals surface area contributed by atoms with E-state index in [1.54, 1.807) is 6.92 Å². The first kappa shape index (κ1) is 19.9. The van der Waals surface area contributed by atoms with Crippen LogP contribution < -0.4 is 10.4 Å². The summed E-state index contributed by atoms with van der Waals surface area (Å²) in [4.78, 5) is 14.5. The van der Waals surface area contributed by atoms with Gasteiger partial charge in [-0.05, 0) is 26.1 Å². The van der Waals surface area contributed by atoms with Crippen LogP contribution in [0.4, 0.5) is 0 Å². The third-order valence-corrected chi connectivity index (χ3v) is 9.54. The fourth-order valence-electron chi connectivity index (χ4n) is 3.23. The SMILES string of the molecule is C[C@H](CO[Si](c1ccccc1)(c1ccccc1)C(C)(C)C)C(=O)N=[N+]=[N-]. The first-order valence-corrected chi connectivity index (χ1v) is 10.6. The van der Waals surface area contributed by atoms with Crippen LogP contribution in [0.25, 0.3) is 10.4 Å². The van der Waals surface area contributed by atoms with Crippen molar-refractivity contribution in [3.63, 3.8) is 0 Å². The number of azide groups is 1. The number of benzene rings is 2. The van der Waals surface area contributed by atoms with Gasteiger partial charge in [0.25, 0.3) is 8.32 Å². The van der Waals surface area contributed by atoms with E-state index < -0.39 is 20.1 Å². The van der Waals surface area contributed by atoms with Gasteiger partial charge in [0, 0.05) is 17.4 Å². The van der Waals surface area contributed by atoms with Crippen LogP contribution in [-0.4, -0.2) is 20.8 Å². The summed E-state index contributed by atoms with van der Waals surface area (Å²) in [5.41, 5.74) is 8.50. The minimum Gasteiger partial charge on any atom is -0.407 e. The molecule has 0 spiro atoms. The Bertz CT molecular complexity index is 742. The van der Waals surface area contributed by atoms with E-state index in [1.165, 1.54) is 0 Å². The van der Waals surface area contributed by atoms with Crippen molar-refractivity contribution in [2.45, 2.75) is 32.7 Å². The molecule has 0 saturated carbocycles. The van der Waals surface area contributed by atoms with Crippen LogP contribution in [0.1, 0.15) is 27.7 Å². The van der Waals surface area contributed by atoms with Crippen LogP contribution >= 0.6 is 0 Å².